The van der Waals surface area contributed by atoms with Crippen LogP contribution in [-0.2, 0) is 14.3 Å². The molecule has 1 fully saturated rings. The van der Waals surface area contributed by atoms with Gasteiger partial charge in [0.15, 0.2) is 0 Å². The van der Waals surface area contributed by atoms with Crippen LogP contribution in [0.1, 0.15) is 19.8 Å². The molecule has 4 heteroatoms. The molecule has 0 atom stereocenters. The Morgan fingerprint density at radius 1 is 1.46 bits per heavy atom. The molecule has 0 aliphatic heterocycles. The van der Waals surface area contributed by atoms with E-state index in [0.29, 0.717) is 19.4 Å². The van der Waals surface area contributed by atoms with E-state index in [1.165, 1.54) is 7.11 Å². The van der Waals surface area contributed by atoms with Gasteiger partial charge in [-0.2, -0.15) is 0 Å². The van der Waals surface area contributed by atoms with Crippen molar-refractivity contribution in [3.63, 3.8) is 0 Å². The molecule has 0 N–H and O–H groups in total. The van der Waals surface area contributed by atoms with Crippen LogP contribution < -0.4 is 0 Å². The fourth-order valence-electron chi connectivity index (χ4n) is 1.33. The normalized spacial score (nSPS) is 17.8. The quantitative estimate of drug-likeness (QED) is 0.473. The number of methoxy groups -OCH3 is 1. The first-order valence-electron chi connectivity index (χ1n) is 4.42. The van der Waals surface area contributed by atoms with Gasteiger partial charge in [-0.3, -0.25) is 9.59 Å². The first kappa shape index (κ1) is 10.0. The van der Waals surface area contributed by atoms with Gasteiger partial charge in [-0.1, -0.05) is 0 Å². The molecule has 0 aromatic carbocycles. The molecule has 1 aliphatic rings. The van der Waals surface area contributed by atoms with Crippen molar-refractivity contribution in [2.45, 2.75) is 19.8 Å². The van der Waals surface area contributed by atoms with Crippen molar-refractivity contribution in [3.8, 4) is 0 Å². The minimum atomic E-state index is -0.834. The van der Waals surface area contributed by atoms with E-state index in [2.05, 4.69) is 4.74 Å². The number of amides is 1. The SMILES string of the molecule is CCN(C)C(=O)C1(C(=O)OC)CC1. The minimum Gasteiger partial charge on any atom is -0.468 e. The molecule has 1 amide bonds. The Morgan fingerprint density at radius 2 is 2.00 bits per heavy atom. The van der Waals surface area contributed by atoms with E-state index in [9.17, 15) is 9.59 Å². The summed E-state index contributed by atoms with van der Waals surface area (Å²) < 4.78 is 4.61. The predicted octanol–water partition coefficient (Wildman–Crippen LogP) is 0.418. The molecular weight excluding hydrogens is 170 g/mol. The van der Waals surface area contributed by atoms with Crippen molar-refractivity contribution in [1.29, 1.82) is 0 Å². The zero-order valence-corrected chi connectivity index (χ0v) is 8.29. The molecule has 1 saturated carbocycles. The van der Waals surface area contributed by atoms with Gasteiger partial charge in [-0.25, -0.2) is 0 Å². The monoisotopic (exact) mass is 185 g/mol. The highest BCUT2D eigenvalue weighted by molar-refractivity contribution is 6.05. The van der Waals surface area contributed by atoms with E-state index in [0.717, 1.165) is 0 Å². The summed E-state index contributed by atoms with van der Waals surface area (Å²) in [6.45, 7) is 2.50. The Balaban J connectivity index is 2.71. The number of rotatable bonds is 3. The van der Waals surface area contributed by atoms with E-state index < -0.39 is 11.4 Å². The van der Waals surface area contributed by atoms with Gasteiger partial charge in [0.25, 0.3) is 0 Å². The van der Waals surface area contributed by atoms with Crippen LogP contribution in [0.5, 0.6) is 0 Å². The molecule has 0 aromatic rings. The van der Waals surface area contributed by atoms with Crippen molar-refractivity contribution in [2.75, 3.05) is 20.7 Å². The second-order valence-corrected chi connectivity index (χ2v) is 3.39. The molecule has 0 bridgehead atoms. The molecule has 0 saturated heterocycles. The largest absolute Gasteiger partial charge is 0.468 e. The number of hydrogen-bond donors (Lipinski definition) is 0. The summed E-state index contributed by atoms with van der Waals surface area (Å²) in [6.07, 6.45) is 1.26. The third-order valence-corrected chi connectivity index (χ3v) is 2.56. The lowest BCUT2D eigenvalue weighted by Gasteiger charge is -2.19. The fourth-order valence-corrected chi connectivity index (χ4v) is 1.33. The third-order valence-electron chi connectivity index (χ3n) is 2.56. The lowest BCUT2D eigenvalue weighted by atomic mass is 10.1. The Bertz CT molecular complexity index is 233. The second-order valence-electron chi connectivity index (χ2n) is 3.39. The van der Waals surface area contributed by atoms with Gasteiger partial charge in [0.1, 0.15) is 5.41 Å². The van der Waals surface area contributed by atoms with Crippen LogP contribution in [-0.4, -0.2) is 37.5 Å². The number of nitrogens with zero attached hydrogens (tertiary/aromatic N) is 1. The number of hydrogen-bond acceptors (Lipinski definition) is 3. The highest BCUT2D eigenvalue weighted by atomic mass is 16.5. The maximum Gasteiger partial charge on any atom is 0.321 e. The summed E-state index contributed by atoms with van der Waals surface area (Å²) in [6, 6.07) is 0. The number of ether oxygens (including phenoxy) is 1. The summed E-state index contributed by atoms with van der Waals surface area (Å²) >= 11 is 0. The molecule has 0 aromatic heterocycles. The summed E-state index contributed by atoms with van der Waals surface area (Å²) in [5, 5.41) is 0. The van der Waals surface area contributed by atoms with Gasteiger partial charge in [0.2, 0.25) is 5.91 Å². The van der Waals surface area contributed by atoms with Crippen molar-refractivity contribution in [2.24, 2.45) is 5.41 Å². The number of carbonyl (C=O) groups is 2. The molecule has 0 spiro atoms. The Kier molecular flexibility index (Phi) is 2.59. The third kappa shape index (κ3) is 1.53. The van der Waals surface area contributed by atoms with Crippen LogP contribution in [0.4, 0.5) is 0 Å². The maximum absolute atomic E-state index is 11.7. The first-order valence-corrected chi connectivity index (χ1v) is 4.42. The lowest BCUT2D eigenvalue weighted by Crippen LogP contribution is -2.38. The summed E-state index contributed by atoms with van der Waals surface area (Å²) in [7, 11) is 3.02. The lowest BCUT2D eigenvalue weighted by molar-refractivity contribution is -0.155. The van der Waals surface area contributed by atoms with Gasteiger partial charge in [0, 0.05) is 13.6 Å². The van der Waals surface area contributed by atoms with Crippen LogP contribution in [0.3, 0.4) is 0 Å². The predicted molar refractivity (Wildman–Crippen MR) is 47.0 cm³/mol. The van der Waals surface area contributed by atoms with Crippen LogP contribution >= 0.6 is 0 Å². The highest BCUT2D eigenvalue weighted by Crippen LogP contribution is 2.48. The maximum atomic E-state index is 11.7. The van der Waals surface area contributed by atoms with Gasteiger partial charge in [-0.05, 0) is 19.8 Å². The molecule has 4 nitrogen and oxygen atoms in total. The summed E-state index contributed by atoms with van der Waals surface area (Å²) in [5.41, 5.74) is -0.834. The molecule has 74 valence electrons. The number of esters is 1. The molecule has 1 rings (SSSR count). The first-order chi connectivity index (χ1) is 6.08. The molecule has 0 heterocycles. The fraction of sp³-hybridized carbons (Fsp3) is 0.778. The average molecular weight is 185 g/mol. The van der Waals surface area contributed by atoms with Crippen LogP contribution in [0.25, 0.3) is 0 Å². The van der Waals surface area contributed by atoms with Gasteiger partial charge in [0.05, 0.1) is 7.11 Å². The Labute approximate surface area is 77.8 Å². The van der Waals surface area contributed by atoms with Crippen molar-refractivity contribution in [3.05, 3.63) is 0 Å². The Hall–Kier alpha value is -1.06. The topological polar surface area (TPSA) is 46.6 Å². The minimum absolute atomic E-state index is 0.109. The molecule has 0 radical (unpaired) electrons. The van der Waals surface area contributed by atoms with Gasteiger partial charge in [-0.15, -0.1) is 0 Å². The summed E-state index contributed by atoms with van der Waals surface area (Å²) in [4.78, 5) is 24.5. The zero-order valence-electron chi connectivity index (χ0n) is 8.29. The van der Waals surface area contributed by atoms with E-state index >= 15 is 0 Å². The smallest absolute Gasteiger partial charge is 0.321 e. The van der Waals surface area contributed by atoms with Crippen LogP contribution in [0, 0.1) is 5.41 Å². The standard InChI is InChI=1S/C9H15NO3/c1-4-10(2)7(11)9(5-6-9)8(12)13-3/h4-6H2,1-3H3. The van der Waals surface area contributed by atoms with Gasteiger partial charge >= 0.3 is 5.97 Å². The Morgan fingerprint density at radius 3 is 2.31 bits per heavy atom. The number of carbonyl (C=O) groups excluding carboxylic acids is 2. The second kappa shape index (κ2) is 3.36. The molecule has 0 unspecified atom stereocenters. The van der Waals surface area contributed by atoms with Crippen molar-refractivity contribution < 1.29 is 14.3 Å². The van der Waals surface area contributed by atoms with Crippen molar-refractivity contribution in [1.82, 2.24) is 4.90 Å². The molecular formula is C9H15NO3. The van der Waals surface area contributed by atoms with Crippen LogP contribution in [0.2, 0.25) is 0 Å². The van der Waals surface area contributed by atoms with E-state index in [1.54, 1.807) is 11.9 Å². The highest BCUT2D eigenvalue weighted by Gasteiger charge is 2.58. The molecule has 1 aliphatic carbocycles. The van der Waals surface area contributed by atoms with Crippen LogP contribution in [0.15, 0.2) is 0 Å². The van der Waals surface area contributed by atoms with Crippen molar-refractivity contribution >= 4 is 11.9 Å². The van der Waals surface area contributed by atoms with E-state index in [1.807, 2.05) is 6.92 Å². The van der Waals surface area contributed by atoms with E-state index in [4.69, 9.17) is 0 Å². The average Bonchev–Trinajstić information content (AvgIpc) is 2.95. The summed E-state index contributed by atoms with van der Waals surface area (Å²) in [5.74, 6) is -0.500. The van der Waals surface area contributed by atoms with Gasteiger partial charge < -0.3 is 9.64 Å². The zero-order chi connectivity index (χ0) is 10.1. The molecule has 13 heavy (non-hydrogen) atoms. The van der Waals surface area contributed by atoms with E-state index in [-0.39, 0.29) is 5.91 Å².